The molecule has 1 heterocycles. The van der Waals surface area contributed by atoms with Crippen LogP contribution in [0.1, 0.15) is 0 Å². The normalized spacial score (nSPS) is 10.9. The van der Waals surface area contributed by atoms with Crippen LogP contribution in [0.2, 0.25) is 5.02 Å². The Hall–Kier alpha value is 0.130. The summed E-state index contributed by atoms with van der Waals surface area (Å²) in [5, 5.41) is 3.11. The van der Waals surface area contributed by atoms with Crippen LogP contribution in [0.5, 0.6) is 0 Å². The molecule has 4 heteroatoms. The molecule has 62 valence electrons. The summed E-state index contributed by atoms with van der Waals surface area (Å²) in [6, 6.07) is 3.20. The van der Waals surface area contributed by atoms with Crippen LogP contribution in [0.3, 0.4) is 0 Å². The van der Waals surface area contributed by atoms with E-state index in [2.05, 4.69) is 0 Å². The Morgan fingerprint density at radius 1 is 1.50 bits per heavy atom. The Bertz CT molecular complexity index is 438. The van der Waals surface area contributed by atoms with Crippen molar-refractivity contribution in [2.75, 3.05) is 0 Å². The average molecular weight is 313 g/mol. The standard InChI is InChI=1S/C8H3ClFIS/c9-7-6(11)3-5(10)4-1-2-12-8(4)7/h1-3H. The molecule has 0 radical (unpaired) electrons. The van der Waals surface area contributed by atoms with Crippen molar-refractivity contribution in [2.24, 2.45) is 0 Å². The van der Waals surface area contributed by atoms with Crippen LogP contribution in [-0.4, -0.2) is 0 Å². The van der Waals surface area contributed by atoms with E-state index in [9.17, 15) is 4.39 Å². The molecule has 1 aromatic carbocycles. The maximum Gasteiger partial charge on any atom is 0.133 e. The van der Waals surface area contributed by atoms with Gasteiger partial charge in [0.05, 0.1) is 9.72 Å². The Morgan fingerprint density at radius 3 is 3.00 bits per heavy atom. The van der Waals surface area contributed by atoms with E-state index in [1.54, 1.807) is 6.07 Å². The number of hydrogen-bond acceptors (Lipinski definition) is 1. The van der Waals surface area contributed by atoms with Gasteiger partial charge in [-0.15, -0.1) is 11.3 Å². The van der Waals surface area contributed by atoms with Crippen LogP contribution in [0.4, 0.5) is 4.39 Å². The Morgan fingerprint density at radius 2 is 2.25 bits per heavy atom. The number of hydrogen-bond donors (Lipinski definition) is 0. The van der Waals surface area contributed by atoms with Gasteiger partial charge < -0.3 is 0 Å². The molecule has 0 fully saturated rings. The van der Waals surface area contributed by atoms with E-state index in [0.717, 1.165) is 8.27 Å². The number of thiophene rings is 1. The minimum absolute atomic E-state index is 0.194. The van der Waals surface area contributed by atoms with Crippen molar-refractivity contribution < 1.29 is 4.39 Å². The van der Waals surface area contributed by atoms with Crippen LogP contribution in [0.15, 0.2) is 17.5 Å². The lowest BCUT2D eigenvalue weighted by Crippen LogP contribution is -1.79. The van der Waals surface area contributed by atoms with Gasteiger partial charge in [-0.25, -0.2) is 4.39 Å². The van der Waals surface area contributed by atoms with Crippen molar-refractivity contribution in [1.29, 1.82) is 0 Å². The van der Waals surface area contributed by atoms with Crippen molar-refractivity contribution in [3.05, 3.63) is 31.9 Å². The molecular weight excluding hydrogens is 310 g/mol. The zero-order chi connectivity index (χ0) is 8.72. The molecule has 0 aliphatic carbocycles. The lowest BCUT2D eigenvalue weighted by molar-refractivity contribution is 0.639. The summed E-state index contributed by atoms with van der Waals surface area (Å²) in [6.07, 6.45) is 0. The second-order valence-corrected chi connectivity index (χ2v) is 4.77. The van der Waals surface area contributed by atoms with Crippen LogP contribution >= 0.6 is 45.5 Å². The molecule has 2 rings (SSSR count). The molecule has 0 bridgehead atoms. The van der Waals surface area contributed by atoms with Crippen molar-refractivity contribution in [3.63, 3.8) is 0 Å². The number of rotatable bonds is 0. The molecule has 0 unspecified atom stereocenters. The van der Waals surface area contributed by atoms with E-state index in [4.69, 9.17) is 11.6 Å². The van der Waals surface area contributed by atoms with Crippen LogP contribution in [0, 0.1) is 9.39 Å². The fourth-order valence-corrected chi connectivity index (χ4v) is 2.89. The van der Waals surface area contributed by atoms with Gasteiger partial charge in [0, 0.05) is 8.96 Å². The third-order valence-corrected chi connectivity index (χ3v) is 4.19. The maximum absolute atomic E-state index is 13.2. The second-order valence-electron chi connectivity index (χ2n) is 2.32. The smallest absolute Gasteiger partial charge is 0.133 e. The molecule has 0 N–H and O–H groups in total. The van der Waals surface area contributed by atoms with E-state index in [-0.39, 0.29) is 5.82 Å². The van der Waals surface area contributed by atoms with Crippen LogP contribution in [0.25, 0.3) is 10.1 Å². The van der Waals surface area contributed by atoms with Gasteiger partial charge >= 0.3 is 0 Å². The summed E-state index contributed by atoms with van der Waals surface area (Å²) < 4.78 is 14.8. The maximum atomic E-state index is 13.2. The largest absolute Gasteiger partial charge is 0.206 e. The van der Waals surface area contributed by atoms with Gasteiger partial charge in [-0.05, 0) is 40.1 Å². The first-order valence-electron chi connectivity index (χ1n) is 3.21. The summed E-state index contributed by atoms with van der Waals surface area (Å²) in [7, 11) is 0. The molecule has 2 aromatic rings. The van der Waals surface area contributed by atoms with Crippen molar-refractivity contribution in [2.45, 2.75) is 0 Å². The van der Waals surface area contributed by atoms with Gasteiger partial charge in [0.2, 0.25) is 0 Å². The molecule has 12 heavy (non-hydrogen) atoms. The van der Waals surface area contributed by atoms with Crippen molar-refractivity contribution in [3.8, 4) is 0 Å². The van der Waals surface area contributed by atoms with Crippen LogP contribution in [-0.2, 0) is 0 Å². The zero-order valence-electron chi connectivity index (χ0n) is 5.77. The van der Waals surface area contributed by atoms with Gasteiger partial charge in [-0.1, -0.05) is 11.6 Å². The summed E-state index contributed by atoms with van der Waals surface area (Å²) in [5.41, 5.74) is 0. The fraction of sp³-hybridized carbons (Fsp3) is 0. The number of halogens is 3. The van der Waals surface area contributed by atoms with Gasteiger partial charge in [0.1, 0.15) is 5.82 Å². The van der Waals surface area contributed by atoms with E-state index in [1.165, 1.54) is 17.4 Å². The Labute approximate surface area is 91.5 Å². The van der Waals surface area contributed by atoms with E-state index in [1.807, 2.05) is 28.0 Å². The summed E-state index contributed by atoms with van der Waals surface area (Å²) in [6.45, 7) is 0. The van der Waals surface area contributed by atoms with Gasteiger partial charge in [0.15, 0.2) is 0 Å². The number of benzene rings is 1. The second kappa shape index (κ2) is 3.12. The van der Waals surface area contributed by atoms with E-state index >= 15 is 0 Å². The topological polar surface area (TPSA) is 0 Å². The number of fused-ring (bicyclic) bond motifs is 1. The highest BCUT2D eigenvalue weighted by Gasteiger charge is 2.09. The predicted molar refractivity (Wildman–Crippen MR) is 59.5 cm³/mol. The van der Waals surface area contributed by atoms with Gasteiger partial charge in [-0.3, -0.25) is 0 Å². The quantitative estimate of drug-likeness (QED) is 0.502. The highest BCUT2D eigenvalue weighted by Crippen LogP contribution is 2.34. The first-order valence-corrected chi connectivity index (χ1v) is 5.54. The first kappa shape index (κ1) is 8.72. The van der Waals surface area contributed by atoms with Gasteiger partial charge in [-0.2, -0.15) is 0 Å². The molecule has 1 aromatic heterocycles. The van der Waals surface area contributed by atoms with Gasteiger partial charge in [0.25, 0.3) is 0 Å². The molecule has 0 amide bonds. The summed E-state index contributed by atoms with van der Waals surface area (Å²) in [5.74, 6) is -0.194. The predicted octanol–water partition coefficient (Wildman–Crippen LogP) is 4.30. The third-order valence-electron chi connectivity index (χ3n) is 1.59. The van der Waals surface area contributed by atoms with Crippen LogP contribution < -0.4 is 0 Å². The Balaban J connectivity index is 2.97. The minimum atomic E-state index is -0.194. The average Bonchev–Trinajstić information content (AvgIpc) is 2.48. The van der Waals surface area contributed by atoms with Crippen molar-refractivity contribution in [1.82, 2.24) is 0 Å². The molecular formula is C8H3ClFIS. The molecule has 0 nitrogen and oxygen atoms in total. The van der Waals surface area contributed by atoms with E-state index in [0.29, 0.717) is 10.4 Å². The summed E-state index contributed by atoms with van der Waals surface area (Å²) in [4.78, 5) is 0. The minimum Gasteiger partial charge on any atom is -0.206 e. The highest BCUT2D eigenvalue weighted by molar-refractivity contribution is 14.1. The molecule has 0 spiro atoms. The fourth-order valence-electron chi connectivity index (χ4n) is 1.03. The monoisotopic (exact) mass is 312 g/mol. The molecule has 0 atom stereocenters. The van der Waals surface area contributed by atoms with Crippen molar-refractivity contribution >= 4 is 55.6 Å². The third kappa shape index (κ3) is 1.24. The zero-order valence-corrected chi connectivity index (χ0v) is 9.50. The summed E-state index contributed by atoms with van der Waals surface area (Å²) >= 11 is 9.47. The highest BCUT2D eigenvalue weighted by atomic mass is 127. The lowest BCUT2D eigenvalue weighted by Gasteiger charge is -1.98. The molecule has 0 aliphatic rings. The SMILES string of the molecule is Fc1cc(I)c(Cl)c2sccc12. The molecule has 0 saturated heterocycles. The van der Waals surface area contributed by atoms with E-state index < -0.39 is 0 Å². The molecule has 0 aliphatic heterocycles. The Kier molecular flexibility index (Phi) is 2.27. The molecule has 0 saturated carbocycles. The first-order chi connectivity index (χ1) is 5.70. The lowest BCUT2D eigenvalue weighted by atomic mass is 10.2.